The summed E-state index contributed by atoms with van der Waals surface area (Å²) in [5, 5.41) is 41.6. The van der Waals surface area contributed by atoms with Crippen LogP contribution >= 0.6 is 0 Å². The largest absolute Gasteiger partial charge is 0.504 e. The van der Waals surface area contributed by atoms with Gasteiger partial charge in [0, 0.05) is 24.9 Å². The topological polar surface area (TPSA) is 209 Å². The molecule has 0 saturated carbocycles. The zero-order valence-electron chi connectivity index (χ0n) is 24.2. The second-order valence-corrected chi connectivity index (χ2v) is 11.2. The van der Waals surface area contributed by atoms with Gasteiger partial charge in [-0.05, 0) is 51.1 Å². The number of benzene rings is 1. The van der Waals surface area contributed by atoms with Crippen LogP contribution in [0.25, 0.3) is 0 Å². The molecule has 14 nitrogen and oxygen atoms in total. The van der Waals surface area contributed by atoms with E-state index < -0.39 is 71.6 Å². The lowest BCUT2D eigenvalue weighted by atomic mass is 9.50. The van der Waals surface area contributed by atoms with Crippen LogP contribution in [0.2, 0.25) is 0 Å². The number of likely N-dealkylation sites (N-methyl/N-ethyl adjacent to an activating group) is 1. The number of nitrogens with zero attached hydrogens (tertiary/aromatic N) is 1. The fourth-order valence-corrected chi connectivity index (χ4v) is 6.57. The molecule has 0 unspecified atom stereocenters. The van der Waals surface area contributed by atoms with E-state index in [1.54, 1.807) is 12.1 Å². The van der Waals surface area contributed by atoms with Crippen LogP contribution in [0.15, 0.2) is 24.0 Å². The number of ether oxygens (including phenoxy) is 3. The Bertz CT molecular complexity index is 1460. The van der Waals surface area contributed by atoms with Gasteiger partial charge in [-0.3, -0.25) is 14.4 Å². The molecule has 2 bridgehead atoms. The number of carboxylic acids is 2. The van der Waals surface area contributed by atoms with Crippen molar-refractivity contribution < 1.29 is 71.8 Å². The number of likely N-dealkylation sites (tertiary alicyclic amines) is 1. The summed E-state index contributed by atoms with van der Waals surface area (Å²) >= 11 is 0. The highest BCUT2D eigenvalue weighted by molar-refractivity contribution is 5.90. The maximum absolute atomic E-state index is 12.9. The van der Waals surface area contributed by atoms with Gasteiger partial charge in [0.1, 0.15) is 11.8 Å². The van der Waals surface area contributed by atoms with Gasteiger partial charge in [-0.1, -0.05) is 6.07 Å². The number of carboxylic acid groups (broad SMARTS) is 2. The second kappa shape index (κ2) is 11.8. The number of phenolic OH excluding ortho intramolecular Hbond substituents is 1. The van der Waals surface area contributed by atoms with Gasteiger partial charge < -0.3 is 44.9 Å². The highest BCUT2D eigenvalue weighted by atomic mass is 19.4. The van der Waals surface area contributed by atoms with Gasteiger partial charge in [-0.2, -0.15) is 13.2 Å². The number of piperidine rings is 1. The first kappa shape index (κ1) is 33.5. The number of hydrogen-bond acceptors (Lipinski definition) is 11. The van der Waals surface area contributed by atoms with Crippen molar-refractivity contribution in [1.29, 1.82) is 0 Å². The molecular formula is C28H31F3N2O12. The summed E-state index contributed by atoms with van der Waals surface area (Å²) in [6.07, 6.45) is -5.14. The molecule has 4 aliphatic rings. The van der Waals surface area contributed by atoms with Gasteiger partial charge in [0.05, 0.1) is 17.4 Å². The van der Waals surface area contributed by atoms with Crippen LogP contribution in [0.4, 0.5) is 13.2 Å². The van der Waals surface area contributed by atoms with E-state index >= 15 is 0 Å². The predicted octanol–water partition coefficient (Wildman–Crippen LogP) is 0.758. The van der Waals surface area contributed by atoms with Crippen molar-refractivity contribution in [1.82, 2.24) is 10.2 Å². The molecule has 2 heterocycles. The van der Waals surface area contributed by atoms with Gasteiger partial charge in [-0.15, -0.1) is 0 Å². The first-order chi connectivity index (χ1) is 20.8. The van der Waals surface area contributed by atoms with E-state index in [0.29, 0.717) is 19.4 Å². The Morgan fingerprint density at radius 3 is 2.42 bits per heavy atom. The van der Waals surface area contributed by atoms with E-state index in [0.717, 1.165) is 18.1 Å². The maximum Gasteiger partial charge on any atom is 0.490 e. The number of amides is 1. The average molecular weight is 645 g/mol. The third-order valence-corrected chi connectivity index (χ3v) is 8.52. The number of phenols is 1. The number of halogens is 3. The van der Waals surface area contributed by atoms with E-state index in [4.69, 9.17) is 24.1 Å². The van der Waals surface area contributed by atoms with Crippen molar-refractivity contribution in [3.8, 4) is 11.5 Å². The zero-order chi connectivity index (χ0) is 33.6. The third kappa shape index (κ3) is 5.88. The number of esters is 2. The monoisotopic (exact) mass is 644 g/mol. The molecule has 0 aromatic heterocycles. The number of aliphatic carboxylic acids is 2. The molecule has 5 rings (SSSR count). The Balaban J connectivity index is 0.000000591. The molecule has 0 radical (unpaired) electrons. The number of nitrogens with one attached hydrogen (secondary N) is 1. The Morgan fingerprint density at radius 2 is 1.84 bits per heavy atom. The predicted molar refractivity (Wildman–Crippen MR) is 142 cm³/mol. The molecule has 17 heteroatoms. The van der Waals surface area contributed by atoms with Crippen molar-refractivity contribution >= 4 is 29.8 Å². The zero-order valence-corrected chi connectivity index (χ0v) is 24.2. The van der Waals surface area contributed by atoms with Gasteiger partial charge in [0.2, 0.25) is 0 Å². The van der Waals surface area contributed by atoms with Crippen LogP contribution in [0.1, 0.15) is 44.2 Å². The van der Waals surface area contributed by atoms with Gasteiger partial charge in [-0.25, -0.2) is 9.59 Å². The minimum absolute atomic E-state index is 0.0755. The molecule has 2 aliphatic carbocycles. The summed E-state index contributed by atoms with van der Waals surface area (Å²) < 4.78 is 48.3. The average Bonchev–Trinajstić information content (AvgIpc) is 3.29. The molecule has 1 fully saturated rings. The van der Waals surface area contributed by atoms with Crippen LogP contribution in [0.3, 0.4) is 0 Å². The first-order valence-corrected chi connectivity index (χ1v) is 13.7. The molecule has 2 aliphatic heterocycles. The molecule has 1 saturated heterocycles. The summed E-state index contributed by atoms with van der Waals surface area (Å²) in [6, 6.07) is 1.53. The standard InChI is InChI=1S/C26H30N2O10.C2HF3O2/c1-12(36-13(2)29)23(32)27-15(24(33)34)11-19(31)37-17-6-7-26(35)18-10-14-4-5-16(30)21-20(14)25(26,22(17)38-21)8-9-28(18)3;3-2(4,5)1(6)7/h4-6,12,15,18,22,30,35H,7-11H2,1-3H3,(H,27,32)(H,33,34);(H,6,7)/t12-,15-,18+,22-,25-,26+;/m0./s1. The van der Waals surface area contributed by atoms with Crippen molar-refractivity contribution in [3.63, 3.8) is 0 Å². The van der Waals surface area contributed by atoms with Crippen molar-refractivity contribution in [2.75, 3.05) is 13.6 Å². The van der Waals surface area contributed by atoms with Gasteiger partial charge >= 0.3 is 30.1 Å². The molecule has 6 atom stereocenters. The maximum atomic E-state index is 12.9. The van der Waals surface area contributed by atoms with Crippen molar-refractivity contribution in [3.05, 3.63) is 35.1 Å². The summed E-state index contributed by atoms with van der Waals surface area (Å²) in [6.45, 7) is 3.04. The number of carbonyl (C=O) groups is 5. The molecule has 246 valence electrons. The van der Waals surface area contributed by atoms with Gasteiger partial charge in [0.25, 0.3) is 5.91 Å². The summed E-state index contributed by atoms with van der Waals surface area (Å²) in [7, 11) is 1.95. The molecule has 1 spiro atoms. The van der Waals surface area contributed by atoms with Gasteiger partial charge in [0.15, 0.2) is 23.7 Å². The highest BCUT2D eigenvalue weighted by Gasteiger charge is 2.72. The van der Waals surface area contributed by atoms with E-state index in [2.05, 4.69) is 10.2 Å². The Kier molecular flexibility index (Phi) is 8.82. The Labute approximate surface area is 253 Å². The van der Waals surface area contributed by atoms with Crippen molar-refractivity contribution in [2.24, 2.45) is 0 Å². The summed E-state index contributed by atoms with van der Waals surface area (Å²) in [5.41, 5.74) is -0.525. The molecule has 1 aromatic rings. The second-order valence-electron chi connectivity index (χ2n) is 11.2. The van der Waals surface area contributed by atoms with Crippen LogP contribution in [0, 0.1) is 0 Å². The third-order valence-electron chi connectivity index (χ3n) is 8.52. The van der Waals surface area contributed by atoms with Crippen molar-refractivity contribution in [2.45, 2.75) is 81.0 Å². The number of rotatable bonds is 7. The van der Waals surface area contributed by atoms with Crippen LogP contribution in [0.5, 0.6) is 11.5 Å². The Hall–Kier alpha value is -4.38. The summed E-state index contributed by atoms with van der Waals surface area (Å²) in [5.74, 6) is -6.45. The number of alkyl halides is 3. The quantitative estimate of drug-likeness (QED) is 0.260. The number of aliphatic hydroxyl groups is 1. The van der Waals surface area contributed by atoms with E-state index in [9.17, 15) is 47.7 Å². The smallest absolute Gasteiger partial charge is 0.490 e. The fraction of sp³-hybridized carbons (Fsp3) is 0.536. The molecule has 45 heavy (non-hydrogen) atoms. The lowest BCUT2D eigenvalue weighted by Gasteiger charge is -2.61. The minimum atomic E-state index is -5.08. The molecule has 1 aromatic carbocycles. The fourth-order valence-electron chi connectivity index (χ4n) is 6.57. The van der Waals surface area contributed by atoms with Crippen LogP contribution in [-0.2, 0) is 45.3 Å². The normalized spacial score (nSPS) is 27.2. The van der Waals surface area contributed by atoms with Crippen LogP contribution in [-0.4, -0.2) is 105 Å². The minimum Gasteiger partial charge on any atom is -0.504 e. The summed E-state index contributed by atoms with van der Waals surface area (Å²) in [4.78, 5) is 59.0. The van der Waals surface area contributed by atoms with E-state index in [1.165, 1.54) is 6.92 Å². The Morgan fingerprint density at radius 1 is 1.20 bits per heavy atom. The molecule has 5 N–H and O–H groups in total. The molecular weight excluding hydrogens is 613 g/mol. The first-order valence-electron chi connectivity index (χ1n) is 13.7. The number of carbonyl (C=O) groups excluding carboxylic acids is 3. The van der Waals surface area contributed by atoms with Crippen LogP contribution < -0.4 is 10.1 Å². The van der Waals surface area contributed by atoms with E-state index in [-0.39, 0.29) is 29.7 Å². The number of hydrogen-bond donors (Lipinski definition) is 5. The lowest BCUT2D eigenvalue weighted by Crippen LogP contribution is -2.74. The van der Waals surface area contributed by atoms with E-state index in [1.807, 2.05) is 13.1 Å². The number of aromatic hydroxyl groups is 1. The molecule has 1 amide bonds. The SMILES string of the molecule is CC(=O)O[C@@H](C)C(=O)N[C@@H](CC(=O)OC1=CC[C@@]2(O)[C@H]3Cc4ccc(O)c5c4[C@@]2(CCN3C)[C@H]1O5)C(=O)O.O=C(O)C(F)(F)F. The highest BCUT2D eigenvalue weighted by Crippen LogP contribution is 2.65. The lowest BCUT2D eigenvalue weighted by molar-refractivity contribution is -0.192.